The fraction of sp³-hybridized carbons (Fsp3) is 0.400. The van der Waals surface area contributed by atoms with Gasteiger partial charge in [-0.25, -0.2) is 0 Å². The molecule has 2 atom stereocenters. The summed E-state index contributed by atoms with van der Waals surface area (Å²) in [6.45, 7) is 1.81. The molecule has 1 aliphatic heterocycles. The molecule has 24 heavy (non-hydrogen) atoms. The van der Waals surface area contributed by atoms with Crippen LogP contribution in [0.3, 0.4) is 0 Å². The normalized spacial score (nSPS) is 23.2. The SMILES string of the molecule is COC[C@@H]1[C@@H](COC)N1CC(O)(c1ccccc1)c1ccccc1. The van der Waals surface area contributed by atoms with Crippen LogP contribution in [0.15, 0.2) is 60.7 Å². The molecule has 0 amide bonds. The summed E-state index contributed by atoms with van der Waals surface area (Å²) >= 11 is 0. The summed E-state index contributed by atoms with van der Waals surface area (Å²) in [5.74, 6) is 0. The average molecular weight is 327 g/mol. The number of hydrogen-bond acceptors (Lipinski definition) is 4. The van der Waals surface area contributed by atoms with Crippen LogP contribution in [0.1, 0.15) is 11.1 Å². The maximum Gasteiger partial charge on any atom is 0.127 e. The molecule has 0 aromatic heterocycles. The first-order chi connectivity index (χ1) is 11.7. The Morgan fingerprint density at radius 3 is 1.62 bits per heavy atom. The highest BCUT2D eigenvalue weighted by Crippen LogP contribution is 2.37. The first-order valence-corrected chi connectivity index (χ1v) is 8.27. The van der Waals surface area contributed by atoms with Crippen LogP contribution in [-0.2, 0) is 15.1 Å². The quantitative estimate of drug-likeness (QED) is 0.755. The van der Waals surface area contributed by atoms with E-state index >= 15 is 0 Å². The zero-order chi connectivity index (χ0) is 17.0. The number of β-amino-alcohol motifs (C(OH)–C–C–N with tert-alkyl or cyclic N) is 1. The highest BCUT2D eigenvalue weighted by molar-refractivity contribution is 5.37. The Bertz CT molecular complexity index is 580. The molecule has 1 fully saturated rings. The van der Waals surface area contributed by atoms with Crippen LogP contribution in [0.4, 0.5) is 0 Å². The van der Waals surface area contributed by atoms with Crippen molar-refractivity contribution in [2.75, 3.05) is 34.0 Å². The summed E-state index contributed by atoms with van der Waals surface area (Å²) < 4.78 is 10.6. The molecule has 0 unspecified atom stereocenters. The van der Waals surface area contributed by atoms with Crippen LogP contribution >= 0.6 is 0 Å². The maximum absolute atomic E-state index is 11.6. The van der Waals surface area contributed by atoms with E-state index in [4.69, 9.17) is 9.47 Å². The first kappa shape index (κ1) is 17.1. The number of hydrogen-bond donors (Lipinski definition) is 1. The van der Waals surface area contributed by atoms with Crippen molar-refractivity contribution in [3.8, 4) is 0 Å². The maximum atomic E-state index is 11.6. The van der Waals surface area contributed by atoms with Gasteiger partial charge in [-0.15, -0.1) is 0 Å². The van der Waals surface area contributed by atoms with Crippen molar-refractivity contribution in [1.29, 1.82) is 0 Å². The van der Waals surface area contributed by atoms with Gasteiger partial charge in [0.05, 0.1) is 25.3 Å². The van der Waals surface area contributed by atoms with Crippen molar-refractivity contribution in [2.45, 2.75) is 17.7 Å². The second-order valence-electron chi connectivity index (χ2n) is 6.31. The van der Waals surface area contributed by atoms with E-state index < -0.39 is 5.60 Å². The smallest absolute Gasteiger partial charge is 0.127 e. The topological polar surface area (TPSA) is 41.7 Å². The molecule has 2 aromatic rings. The zero-order valence-electron chi connectivity index (χ0n) is 14.3. The Balaban J connectivity index is 1.89. The molecular formula is C20H25NO3. The predicted octanol–water partition coefficient (Wildman–Crippen LogP) is 2.27. The van der Waals surface area contributed by atoms with Gasteiger partial charge >= 0.3 is 0 Å². The minimum atomic E-state index is -1.06. The third-order valence-corrected chi connectivity index (χ3v) is 4.80. The van der Waals surface area contributed by atoms with E-state index in [0.29, 0.717) is 19.8 Å². The molecule has 128 valence electrons. The van der Waals surface area contributed by atoms with Gasteiger partial charge in [-0.3, -0.25) is 4.90 Å². The fourth-order valence-corrected chi connectivity index (χ4v) is 3.42. The fourth-order valence-electron chi connectivity index (χ4n) is 3.42. The van der Waals surface area contributed by atoms with Crippen molar-refractivity contribution < 1.29 is 14.6 Å². The molecule has 4 nitrogen and oxygen atoms in total. The van der Waals surface area contributed by atoms with Crippen LogP contribution < -0.4 is 0 Å². The van der Waals surface area contributed by atoms with Crippen LogP contribution in [0.25, 0.3) is 0 Å². The largest absolute Gasteiger partial charge is 0.383 e. The number of rotatable bonds is 8. The predicted molar refractivity (Wildman–Crippen MR) is 93.9 cm³/mol. The Morgan fingerprint density at radius 1 is 0.833 bits per heavy atom. The van der Waals surface area contributed by atoms with Crippen molar-refractivity contribution in [3.05, 3.63) is 71.8 Å². The second kappa shape index (κ2) is 7.45. The van der Waals surface area contributed by atoms with Crippen LogP contribution in [-0.4, -0.2) is 56.1 Å². The standard InChI is InChI=1S/C20H25NO3/c1-23-13-18-19(14-24-2)21(18)15-20(22,16-9-5-3-6-10-16)17-11-7-4-8-12-17/h3-12,18-19,22H,13-15H2,1-2H3/t18-,19-/m1/s1. The number of aliphatic hydroxyl groups is 1. The van der Waals surface area contributed by atoms with Gasteiger partial charge < -0.3 is 14.6 Å². The summed E-state index contributed by atoms with van der Waals surface area (Å²) in [6, 6.07) is 20.3. The Hall–Kier alpha value is -1.72. The number of ether oxygens (including phenoxy) is 2. The monoisotopic (exact) mass is 327 g/mol. The molecule has 2 aromatic carbocycles. The molecule has 1 N–H and O–H groups in total. The molecule has 1 aliphatic rings. The molecular weight excluding hydrogens is 302 g/mol. The van der Waals surface area contributed by atoms with Gasteiger partial charge in [0.15, 0.2) is 0 Å². The zero-order valence-corrected chi connectivity index (χ0v) is 14.3. The van der Waals surface area contributed by atoms with E-state index in [2.05, 4.69) is 4.90 Å². The van der Waals surface area contributed by atoms with Crippen molar-refractivity contribution in [2.24, 2.45) is 0 Å². The minimum Gasteiger partial charge on any atom is -0.383 e. The van der Waals surface area contributed by atoms with E-state index in [9.17, 15) is 5.11 Å². The molecule has 0 radical (unpaired) electrons. The van der Waals surface area contributed by atoms with Crippen molar-refractivity contribution >= 4 is 0 Å². The van der Waals surface area contributed by atoms with Gasteiger partial charge in [0, 0.05) is 20.8 Å². The van der Waals surface area contributed by atoms with E-state index in [0.717, 1.165) is 11.1 Å². The lowest BCUT2D eigenvalue weighted by Gasteiger charge is -2.30. The Kier molecular flexibility index (Phi) is 5.31. The summed E-state index contributed by atoms with van der Waals surface area (Å²) in [5.41, 5.74) is 0.739. The van der Waals surface area contributed by atoms with Gasteiger partial charge in [-0.2, -0.15) is 0 Å². The Morgan fingerprint density at radius 2 is 1.25 bits per heavy atom. The summed E-state index contributed by atoms with van der Waals surface area (Å²) in [6.07, 6.45) is 0. The molecule has 0 spiro atoms. The van der Waals surface area contributed by atoms with Crippen LogP contribution in [0.5, 0.6) is 0 Å². The van der Waals surface area contributed by atoms with Crippen LogP contribution in [0, 0.1) is 0 Å². The summed E-state index contributed by atoms with van der Waals surface area (Å²) in [5, 5.41) is 11.6. The third kappa shape index (κ3) is 3.37. The summed E-state index contributed by atoms with van der Waals surface area (Å²) in [7, 11) is 3.42. The minimum absolute atomic E-state index is 0.286. The van der Waals surface area contributed by atoms with Crippen LogP contribution in [0.2, 0.25) is 0 Å². The van der Waals surface area contributed by atoms with Crippen molar-refractivity contribution in [1.82, 2.24) is 4.90 Å². The number of methoxy groups -OCH3 is 2. The Labute approximate surface area is 143 Å². The van der Waals surface area contributed by atoms with Gasteiger partial charge in [0.1, 0.15) is 5.60 Å². The molecule has 0 aliphatic carbocycles. The summed E-state index contributed by atoms with van der Waals surface area (Å²) in [4.78, 5) is 2.26. The lowest BCUT2D eigenvalue weighted by atomic mass is 9.86. The molecule has 1 saturated heterocycles. The molecule has 3 rings (SSSR count). The van der Waals surface area contributed by atoms with E-state index in [1.807, 2.05) is 60.7 Å². The third-order valence-electron chi connectivity index (χ3n) is 4.80. The molecule has 0 saturated carbocycles. The lowest BCUT2D eigenvalue weighted by molar-refractivity contribution is 0.0541. The number of benzene rings is 2. The molecule has 4 heteroatoms. The molecule has 1 heterocycles. The first-order valence-electron chi connectivity index (χ1n) is 8.27. The van der Waals surface area contributed by atoms with E-state index in [-0.39, 0.29) is 12.1 Å². The molecule has 0 bridgehead atoms. The van der Waals surface area contributed by atoms with E-state index in [1.54, 1.807) is 14.2 Å². The highest BCUT2D eigenvalue weighted by Gasteiger charge is 2.51. The van der Waals surface area contributed by atoms with Crippen molar-refractivity contribution in [3.63, 3.8) is 0 Å². The van der Waals surface area contributed by atoms with E-state index in [1.165, 1.54) is 0 Å². The van der Waals surface area contributed by atoms with Gasteiger partial charge in [-0.1, -0.05) is 60.7 Å². The highest BCUT2D eigenvalue weighted by atomic mass is 16.5. The second-order valence-corrected chi connectivity index (χ2v) is 6.31. The average Bonchev–Trinajstić information content (AvgIpc) is 3.27. The number of nitrogens with zero attached hydrogens (tertiary/aromatic N) is 1. The lowest BCUT2D eigenvalue weighted by Crippen LogP contribution is -2.36. The van der Waals surface area contributed by atoms with Gasteiger partial charge in [0.2, 0.25) is 0 Å². The van der Waals surface area contributed by atoms with Gasteiger partial charge in [-0.05, 0) is 11.1 Å². The van der Waals surface area contributed by atoms with Gasteiger partial charge in [0.25, 0.3) is 0 Å².